The lowest BCUT2D eigenvalue weighted by molar-refractivity contribution is 0.103. The zero-order valence-corrected chi connectivity index (χ0v) is 22.0. The van der Waals surface area contributed by atoms with Gasteiger partial charge in [-0.3, -0.25) is 4.79 Å². The summed E-state index contributed by atoms with van der Waals surface area (Å²) in [6.45, 7) is 5.52. The predicted octanol–water partition coefficient (Wildman–Crippen LogP) is 6.64. The zero-order chi connectivity index (χ0) is 25.1. The highest BCUT2D eigenvalue weighted by Gasteiger charge is 2.35. The highest BCUT2D eigenvalue weighted by molar-refractivity contribution is 7.99. The van der Waals surface area contributed by atoms with Crippen molar-refractivity contribution >= 4 is 27.4 Å². The van der Waals surface area contributed by atoms with Crippen molar-refractivity contribution in [3.05, 3.63) is 125 Å². The number of carbonyl (C=O) groups excluding carboxylic acids is 1. The van der Waals surface area contributed by atoms with Gasteiger partial charge in [-0.2, -0.15) is 0 Å². The van der Waals surface area contributed by atoms with Crippen molar-refractivity contribution in [2.75, 3.05) is 0 Å². The molecule has 0 radical (unpaired) electrons. The Kier molecular flexibility index (Phi) is 7.29. The normalized spacial score (nSPS) is 12.4. The minimum atomic E-state index is -3.47. The number of ketones is 1. The van der Waals surface area contributed by atoms with E-state index in [0.717, 1.165) is 20.9 Å². The Hall–Kier alpha value is -3.15. The van der Waals surface area contributed by atoms with Crippen molar-refractivity contribution in [3.63, 3.8) is 0 Å². The van der Waals surface area contributed by atoms with Gasteiger partial charge in [0.1, 0.15) is 0 Å². The first-order valence-electron chi connectivity index (χ1n) is 11.5. The summed E-state index contributed by atoms with van der Waals surface area (Å²) < 4.78 is 25.5. The molecule has 4 aromatic rings. The quantitative estimate of drug-likeness (QED) is 0.254. The molecule has 0 bridgehead atoms. The monoisotopic (exact) mass is 502 g/mol. The average molecular weight is 503 g/mol. The number of hydrogen-bond donors (Lipinski definition) is 0. The van der Waals surface area contributed by atoms with Crippen LogP contribution in [0.3, 0.4) is 0 Å². The minimum absolute atomic E-state index is 0.0213. The second-order valence-electron chi connectivity index (χ2n) is 9.35. The SMILES string of the molecule is Cc1ccc(S(=O)(=O)C(C)(C)Cc2ccc([SH2]c3ccc(C(=O)c4ccccc4)cc3)cc2)cc1. The van der Waals surface area contributed by atoms with Gasteiger partial charge in [-0.05, 0) is 91.1 Å². The second-order valence-corrected chi connectivity index (χ2v) is 13.3. The molecule has 0 aliphatic heterocycles. The van der Waals surface area contributed by atoms with Crippen molar-refractivity contribution < 1.29 is 13.2 Å². The highest BCUT2D eigenvalue weighted by atomic mass is 32.2. The first-order valence-corrected chi connectivity index (χ1v) is 14.0. The van der Waals surface area contributed by atoms with Gasteiger partial charge in [-0.15, -0.1) is 0 Å². The van der Waals surface area contributed by atoms with Crippen LogP contribution in [0.5, 0.6) is 0 Å². The van der Waals surface area contributed by atoms with Gasteiger partial charge in [0.15, 0.2) is 15.6 Å². The van der Waals surface area contributed by atoms with E-state index in [2.05, 4.69) is 12.1 Å². The lowest BCUT2D eigenvalue weighted by Gasteiger charge is -2.25. The van der Waals surface area contributed by atoms with Crippen molar-refractivity contribution in [2.45, 2.75) is 46.6 Å². The third kappa shape index (κ3) is 5.75. The van der Waals surface area contributed by atoms with E-state index in [1.54, 1.807) is 26.0 Å². The Morgan fingerprint density at radius 2 is 1.23 bits per heavy atom. The van der Waals surface area contributed by atoms with E-state index in [1.165, 1.54) is 0 Å². The third-order valence-electron chi connectivity index (χ3n) is 6.11. The molecule has 0 aliphatic rings. The number of benzene rings is 4. The number of carbonyl (C=O) groups is 1. The average Bonchev–Trinajstić information content (AvgIpc) is 2.86. The van der Waals surface area contributed by atoms with E-state index in [-0.39, 0.29) is 5.78 Å². The molecule has 0 saturated carbocycles. The zero-order valence-electron chi connectivity index (χ0n) is 20.2. The first-order chi connectivity index (χ1) is 16.7. The van der Waals surface area contributed by atoms with Crippen LogP contribution in [0.4, 0.5) is 0 Å². The molecule has 0 heterocycles. The summed E-state index contributed by atoms with van der Waals surface area (Å²) in [5.41, 5.74) is 3.39. The third-order valence-corrected chi connectivity index (χ3v) is 9.85. The summed E-state index contributed by atoms with van der Waals surface area (Å²) in [6.07, 6.45) is 0.433. The highest BCUT2D eigenvalue weighted by Crippen LogP contribution is 2.32. The number of aryl methyl sites for hydroxylation is 1. The van der Waals surface area contributed by atoms with Crippen LogP contribution < -0.4 is 0 Å². The van der Waals surface area contributed by atoms with E-state index in [4.69, 9.17) is 0 Å². The smallest absolute Gasteiger partial charge is 0.193 e. The maximum atomic E-state index is 13.2. The van der Waals surface area contributed by atoms with Gasteiger partial charge in [0.2, 0.25) is 0 Å². The second kappa shape index (κ2) is 10.2. The number of sulfone groups is 1. The van der Waals surface area contributed by atoms with Gasteiger partial charge in [0.25, 0.3) is 0 Å². The molecule has 0 aromatic heterocycles. The Morgan fingerprint density at radius 1 is 0.714 bits per heavy atom. The number of hydrogen-bond acceptors (Lipinski definition) is 3. The van der Waals surface area contributed by atoms with Crippen LogP contribution in [0, 0.1) is 6.92 Å². The molecule has 0 fully saturated rings. The molecule has 35 heavy (non-hydrogen) atoms. The van der Waals surface area contributed by atoms with Gasteiger partial charge in [0, 0.05) is 11.1 Å². The Balaban J connectivity index is 1.42. The van der Waals surface area contributed by atoms with E-state index in [1.807, 2.05) is 85.8 Å². The molecule has 4 aromatic carbocycles. The molecule has 180 valence electrons. The summed E-state index contributed by atoms with van der Waals surface area (Å²) in [6, 6.07) is 32.2. The molecule has 0 amide bonds. The predicted molar refractivity (Wildman–Crippen MR) is 146 cm³/mol. The van der Waals surface area contributed by atoms with Crippen LogP contribution >= 0.6 is 11.8 Å². The van der Waals surface area contributed by atoms with Gasteiger partial charge in [-0.1, -0.05) is 60.2 Å². The van der Waals surface area contributed by atoms with Crippen LogP contribution in [-0.2, 0) is 16.3 Å². The van der Waals surface area contributed by atoms with E-state index >= 15 is 0 Å². The standard InChI is InChI=1S/C30H30O3S2/c1-22-9-19-28(20-10-22)35(32,33)30(2,3)21-23-11-15-26(16-12-23)34-27-17-13-25(14-18-27)29(31)24-7-5-4-6-8-24/h4-20H,21,34H2,1-3H3. The lowest BCUT2D eigenvalue weighted by Crippen LogP contribution is -2.34. The maximum absolute atomic E-state index is 13.2. The summed E-state index contributed by atoms with van der Waals surface area (Å²) in [5, 5.41) is 0. The van der Waals surface area contributed by atoms with Crippen molar-refractivity contribution in [1.82, 2.24) is 0 Å². The molecule has 0 unspecified atom stereocenters. The Bertz CT molecular complexity index is 1400. The molecule has 0 atom stereocenters. The maximum Gasteiger partial charge on any atom is 0.193 e. The molecule has 0 aliphatic carbocycles. The van der Waals surface area contributed by atoms with E-state index in [9.17, 15) is 13.2 Å². The molecule has 0 saturated heterocycles. The molecule has 0 N–H and O–H groups in total. The van der Waals surface area contributed by atoms with Crippen LogP contribution in [0.2, 0.25) is 0 Å². The van der Waals surface area contributed by atoms with Crippen molar-refractivity contribution in [1.29, 1.82) is 0 Å². The molecule has 5 heteroatoms. The molecular weight excluding hydrogens is 472 g/mol. The topological polar surface area (TPSA) is 51.2 Å². The Morgan fingerprint density at radius 3 is 1.80 bits per heavy atom. The van der Waals surface area contributed by atoms with Crippen LogP contribution in [0.15, 0.2) is 118 Å². The van der Waals surface area contributed by atoms with Crippen molar-refractivity contribution in [2.24, 2.45) is 0 Å². The van der Waals surface area contributed by atoms with Crippen LogP contribution in [0.25, 0.3) is 0 Å². The summed E-state index contributed by atoms with van der Waals surface area (Å²) in [4.78, 5) is 15.3. The Labute approximate surface area is 212 Å². The van der Waals surface area contributed by atoms with Gasteiger partial charge < -0.3 is 0 Å². The van der Waals surface area contributed by atoms with Crippen molar-refractivity contribution in [3.8, 4) is 0 Å². The van der Waals surface area contributed by atoms with E-state index < -0.39 is 14.6 Å². The van der Waals surface area contributed by atoms with Gasteiger partial charge in [0.05, 0.1) is 9.64 Å². The largest absolute Gasteiger partial charge is 0.289 e. The first kappa shape index (κ1) is 25.0. The molecule has 0 spiro atoms. The van der Waals surface area contributed by atoms with E-state index in [0.29, 0.717) is 34.2 Å². The summed E-state index contributed by atoms with van der Waals surface area (Å²) in [5.74, 6) is 0.0213. The fourth-order valence-corrected chi connectivity index (χ4v) is 6.45. The number of rotatable bonds is 8. The fourth-order valence-electron chi connectivity index (χ4n) is 3.96. The molecule has 3 nitrogen and oxygen atoms in total. The van der Waals surface area contributed by atoms with Crippen LogP contribution in [-0.4, -0.2) is 18.9 Å². The fraction of sp³-hybridized carbons (Fsp3) is 0.167. The van der Waals surface area contributed by atoms with Crippen LogP contribution in [0.1, 0.15) is 40.9 Å². The van der Waals surface area contributed by atoms with Gasteiger partial charge >= 0.3 is 0 Å². The minimum Gasteiger partial charge on any atom is -0.289 e. The molecular formula is C30H30O3S2. The summed E-state index contributed by atoms with van der Waals surface area (Å²) >= 11 is 0.453. The lowest BCUT2D eigenvalue weighted by atomic mass is 10.0. The molecule has 4 rings (SSSR count). The van der Waals surface area contributed by atoms with Gasteiger partial charge in [-0.25, -0.2) is 20.2 Å². The summed E-state index contributed by atoms with van der Waals surface area (Å²) in [7, 11) is -3.47.